The summed E-state index contributed by atoms with van der Waals surface area (Å²) < 4.78 is 7.96. The molecule has 2 aromatic rings. The van der Waals surface area contributed by atoms with Crippen LogP contribution in [-0.2, 0) is 0 Å². The maximum absolute atomic E-state index is 10.2. The SMILES string of the molecule is OC(c1cc(I)ccc1Br)c1occc1Br. The minimum absolute atomic E-state index is 0.516. The molecule has 2 nitrogen and oxygen atoms in total. The first-order valence-electron chi connectivity index (χ1n) is 4.45. The highest BCUT2D eigenvalue weighted by Crippen LogP contribution is 2.33. The van der Waals surface area contributed by atoms with Crippen LogP contribution < -0.4 is 0 Å². The lowest BCUT2D eigenvalue weighted by molar-refractivity contribution is 0.187. The van der Waals surface area contributed by atoms with E-state index in [2.05, 4.69) is 54.5 Å². The van der Waals surface area contributed by atoms with Crippen molar-refractivity contribution in [3.05, 3.63) is 54.4 Å². The third-order valence-electron chi connectivity index (χ3n) is 2.15. The van der Waals surface area contributed by atoms with Gasteiger partial charge in [0.15, 0.2) is 5.76 Å². The Morgan fingerprint density at radius 1 is 1.19 bits per heavy atom. The molecule has 0 saturated carbocycles. The van der Waals surface area contributed by atoms with E-state index in [-0.39, 0.29) is 0 Å². The zero-order valence-electron chi connectivity index (χ0n) is 7.95. The number of benzene rings is 1. The Kier molecular flexibility index (Phi) is 4.10. The largest absolute Gasteiger partial charge is 0.465 e. The zero-order valence-corrected chi connectivity index (χ0v) is 13.3. The molecule has 84 valence electrons. The summed E-state index contributed by atoms with van der Waals surface area (Å²) in [6.07, 6.45) is 0.776. The van der Waals surface area contributed by atoms with Crippen LogP contribution in [0.5, 0.6) is 0 Å². The van der Waals surface area contributed by atoms with Gasteiger partial charge in [-0.15, -0.1) is 0 Å². The van der Waals surface area contributed by atoms with Crippen molar-refractivity contribution in [2.75, 3.05) is 0 Å². The molecule has 0 radical (unpaired) electrons. The number of halogens is 3. The van der Waals surface area contributed by atoms with Crippen molar-refractivity contribution in [1.29, 1.82) is 0 Å². The molecule has 2 rings (SSSR count). The molecule has 1 heterocycles. The Hall–Kier alpha value is 0.150. The van der Waals surface area contributed by atoms with Gasteiger partial charge in [-0.2, -0.15) is 0 Å². The zero-order chi connectivity index (χ0) is 11.7. The van der Waals surface area contributed by atoms with Crippen molar-refractivity contribution in [1.82, 2.24) is 0 Å². The maximum atomic E-state index is 10.2. The van der Waals surface area contributed by atoms with Crippen LogP contribution in [0.4, 0.5) is 0 Å². The van der Waals surface area contributed by atoms with Gasteiger partial charge in [-0.1, -0.05) is 15.9 Å². The predicted octanol–water partition coefficient (Wildman–Crippen LogP) is 4.49. The van der Waals surface area contributed by atoms with Crippen molar-refractivity contribution in [2.24, 2.45) is 0 Å². The van der Waals surface area contributed by atoms with Gasteiger partial charge in [0.2, 0.25) is 0 Å². The standard InChI is InChI=1S/C11H7Br2IO2/c12-8-2-1-6(14)5-7(8)10(15)11-9(13)3-4-16-11/h1-5,10,15H. The molecule has 1 aromatic carbocycles. The van der Waals surface area contributed by atoms with Crippen LogP contribution in [0, 0.1) is 3.57 Å². The minimum Gasteiger partial charge on any atom is -0.465 e. The highest BCUT2D eigenvalue weighted by Gasteiger charge is 2.19. The number of aliphatic hydroxyl groups is 1. The van der Waals surface area contributed by atoms with E-state index in [1.165, 1.54) is 0 Å². The van der Waals surface area contributed by atoms with E-state index in [4.69, 9.17) is 4.42 Å². The summed E-state index contributed by atoms with van der Waals surface area (Å²) in [6.45, 7) is 0. The summed E-state index contributed by atoms with van der Waals surface area (Å²) in [7, 11) is 0. The monoisotopic (exact) mass is 456 g/mol. The van der Waals surface area contributed by atoms with Crippen LogP contribution in [0.15, 0.2) is 43.9 Å². The molecule has 0 saturated heterocycles. The Labute approximate surface area is 123 Å². The molecule has 1 unspecified atom stereocenters. The summed E-state index contributed by atoms with van der Waals surface area (Å²) in [5.41, 5.74) is 0.794. The number of aliphatic hydroxyl groups excluding tert-OH is 1. The molecule has 16 heavy (non-hydrogen) atoms. The highest BCUT2D eigenvalue weighted by molar-refractivity contribution is 14.1. The lowest BCUT2D eigenvalue weighted by Gasteiger charge is -2.11. The highest BCUT2D eigenvalue weighted by atomic mass is 127. The molecule has 1 N–H and O–H groups in total. The van der Waals surface area contributed by atoms with Crippen LogP contribution in [0.25, 0.3) is 0 Å². The van der Waals surface area contributed by atoms with E-state index in [0.717, 1.165) is 18.1 Å². The Bertz CT molecular complexity index is 510. The van der Waals surface area contributed by atoms with E-state index >= 15 is 0 Å². The molecule has 0 aliphatic heterocycles. The van der Waals surface area contributed by atoms with Gasteiger partial charge in [-0.05, 0) is 62.8 Å². The molecule has 1 aromatic heterocycles. The van der Waals surface area contributed by atoms with Gasteiger partial charge in [0.1, 0.15) is 6.10 Å². The molecular weight excluding hydrogens is 451 g/mol. The molecule has 0 aliphatic rings. The predicted molar refractivity (Wildman–Crippen MR) is 77.3 cm³/mol. The summed E-state index contributed by atoms with van der Waals surface area (Å²) in [5, 5.41) is 10.2. The number of hydrogen-bond donors (Lipinski definition) is 1. The first kappa shape index (κ1) is 12.6. The van der Waals surface area contributed by atoms with Crippen molar-refractivity contribution in [2.45, 2.75) is 6.10 Å². The molecule has 0 fully saturated rings. The Balaban J connectivity index is 2.45. The second kappa shape index (κ2) is 5.20. The van der Waals surface area contributed by atoms with E-state index in [9.17, 15) is 5.11 Å². The van der Waals surface area contributed by atoms with Crippen LogP contribution in [-0.4, -0.2) is 5.11 Å². The summed E-state index contributed by atoms with van der Waals surface area (Å²) in [4.78, 5) is 0. The molecule has 0 aliphatic carbocycles. The first-order valence-corrected chi connectivity index (χ1v) is 7.12. The number of furan rings is 1. The smallest absolute Gasteiger partial charge is 0.150 e. The van der Waals surface area contributed by atoms with Crippen molar-refractivity contribution < 1.29 is 9.52 Å². The normalized spacial score (nSPS) is 12.8. The lowest BCUT2D eigenvalue weighted by Crippen LogP contribution is -2.00. The van der Waals surface area contributed by atoms with Gasteiger partial charge >= 0.3 is 0 Å². The Morgan fingerprint density at radius 2 is 1.94 bits per heavy atom. The van der Waals surface area contributed by atoms with E-state index in [1.807, 2.05) is 18.2 Å². The van der Waals surface area contributed by atoms with Gasteiger partial charge in [0.05, 0.1) is 10.7 Å². The number of rotatable bonds is 2. The van der Waals surface area contributed by atoms with Crippen molar-refractivity contribution in [3.63, 3.8) is 0 Å². The summed E-state index contributed by atoms with van der Waals surface area (Å²) in [5.74, 6) is 0.516. The quantitative estimate of drug-likeness (QED) is 0.674. The molecule has 1 atom stereocenters. The number of hydrogen-bond acceptors (Lipinski definition) is 2. The van der Waals surface area contributed by atoms with Crippen LogP contribution in [0.3, 0.4) is 0 Å². The molecular formula is C11H7Br2IO2. The second-order valence-corrected chi connectivity index (χ2v) is 6.16. The fourth-order valence-electron chi connectivity index (χ4n) is 1.37. The van der Waals surface area contributed by atoms with E-state index < -0.39 is 6.10 Å². The van der Waals surface area contributed by atoms with Crippen molar-refractivity contribution >= 4 is 54.5 Å². The fourth-order valence-corrected chi connectivity index (χ4v) is 2.76. The van der Waals surface area contributed by atoms with E-state index in [0.29, 0.717) is 5.76 Å². The molecule has 5 heteroatoms. The van der Waals surface area contributed by atoms with Gasteiger partial charge in [-0.3, -0.25) is 0 Å². The van der Waals surface area contributed by atoms with Crippen LogP contribution in [0.1, 0.15) is 17.4 Å². The average molecular weight is 458 g/mol. The third-order valence-corrected chi connectivity index (χ3v) is 4.19. The van der Waals surface area contributed by atoms with Crippen LogP contribution in [0.2, 0.25) is 0 Å². The fraction of sp³-hybridized carbons (Fsp3) is 0.0909. The van der Waals surface area contributed by atoms with Gasteiger partial charge in [0.25, 0.3) is 0 Å². The summed E-state index contributed by atoms with van der Waals surface area (Å²) >= 11 is 8.96. The second-order valence-electron chi connectivity index (χ2n) is 3.20. The van der Waals surface area contributed by atoms with Gasteiger partial charge in [0, 0.05) is 13.6 Å². The molecule has 0 amide bonds. The van der Waals surface area contributed by atoms with Gasteiger partial charge in [-0.25, -0.2) is 0 Å². The maximum Gasteiger partial charge on any atom is 0.150 e. The topological polar surface area (TPSA) is 33.4 Å². The third kappa shape index (κ3) is 2.52. The first-order chi connectivity index (χ1) is 7.59. The van der Waals surface area contributed by atoms with Gasteiger partial charge < -0.3 is 9.52 Å². The molecule has 0 bridgehead atoms. The van der Waals surface area contributed by atoms with Crippen LogP contribution >= 0.6 is 54.5 Å². The van der Waals surface area contributed by atoms with E-state index in [1.54, 1.807) is 12.3 Å². The molecule has 0 spiro atoms. The lowest BCUT2D eigenvalue weighted by atomic mass is 10.1. The Morgan fingerprint density at radius 3 is 2.56 bits per heavy atom. The summed E-state index contributed by atoms with van der Waals surface area (Å²) in [6, 6.07) is 7.57. The average Bonchev–Trinajstić information content (AvgIpc) is 2.67. The van der Waals surface area contributed by atoms with Crippen molar-refractivity contribution in [3.8, 4) is 0 Å². The minimum atomic E-state index is -0.770.